The number of carbonyl (C=O) groups is 1. The Bertz CT molecular complexity index is 346. The van der Waals surface area contributed by atoms with E-state index in [0.717, 1.165) is 12.8 Å². The van der Waals surface area contributed by atoms with Gasteiger partial charge in [-0.3, -0.25) is 10.1 Å². The number of carboxylic acid groups (broad SMARTS) is 1. The van der Waals surface area contributed by atoms with Crippen molar-refractivity contribution in [2.75, 3.05) is 11.5 Å². The Balaban J connectivity index is 2.12. The van der Waals surface area contributed by atoms with E-state index in [2.05, 4.69) is 5.32 Å². The van der Waals surface area contributed by atoms with E-state index in [0.29, 0.717) is 5.92 Å². The van der Waals surface area contributed by atoms with Crippen molar-refractivity contribution >= 4 is 15.8 Å². The highest BCUT2D eigenvalue weighted by atomic mass is 32.2. The van der Waals surface area contributed by atoms with Gasteiger partial charge in [0.25, 0.3) is 0 Å². The van der Waals surface area contributed by atoms with Gasteiger partial charge in [0, 0.05) is 6.04 Å². The molecule has 80 valence electrons. The summed E-state index contributed by atoms with van der Waals surface area (Å²) in [5, 5.41) is 11.7. The number of hydrogen-bond acceptors (Lipinski definition) is 4. The molecule has 0 spiro atoms. The van der Waals surface area contributed by atoms with Crippen LogP contribution in [0.4, 0.5) is 0 Å². The van der Waals surface area contributed by atoms with E-state index in [9.17, 15) is 13.2 Å². The van der Waals surface area contributed by atoms with Gasteiger partial charge < -0.3 is 5.11 Å². The van der Waals surface area contributed by atoms with E-state index in [-0.39, 0.29) is 17.5 Å². The molecule has 1 saturated heterocycles. The Morgan fingerprint density at radius 2 is 1.93 bits per heavy atom. The molecule has 2 fully saturated rings. The molecule has 6 heteroatoms. The second-order valence-corrected chi connectivity index (χ2v) is 6.23. The van der Waals surface area contributed by atoms with Crippen molar-refractivity contribution in [3.8, 4) is 0 Å². The molecule has 0 amide bonds. The first-order chi connectivity index (χ1) is 6.48. The van der Waals surface area contributed by atoms with Crippen LogP contribution in [0.25, 0.3) is 0 Å². The molecule has 2 rings (SSSR count). The van der Waals surface area contributed by atoms with Crippen molar-refractivity contribution in [2.24, 2.45) is 5.92 Å². The van der Waals surface area contributed by atoms with Crippen LogP contribution in [0.1, 0.15) is 12.8 Å². The number of hydrogen-bond donors (Lipinski definition) is 2. The zero-order chi connectivity index (χ0) is 10.3. The average molecular weight is 219 g/mol. The molecule has 0 aromatic carbocycles. The summed E-state index contributed by atoms with van der Waals surface area (Å²) in [5.41, 5.74) is 0. The van der Waals surface area contributed by atoms with E-state index in [1.54, 1.807) is 0 Å². The van der Waals surface area contributed by atoms with Crippen molar-refractivity contribution in [3.63, 3.8) is 0 Å². The van der Waals surface area contributed by atoms with E-state index in [1.165, 1.54) is 0 Å². The van der Waals surface area contributed by atoms with Crippen LogP contribution in [-0.4, -0.2) is 43.1 Å². The monoisotopic (exact) mass is 219 g/mol. The second kappa shape index (κ2) is 3.20. The summed E-state index contributed by atoms with van der Waals surface area (Å²) >= 11 is 0. The zero-order valence-corrected chi connectivity index (χ0v) is 8.46. The molecule has 0 radical (unpaired) electrons. The average Bonchev–Trinajstić information content (AvgIpc) is 2.82. The molecule has 2 unspecified atom stereocenters. The fourth-order valence-corrected chi connectivity index (χ4v) is 3.66. The third-order valence-electron chi connectivity index (χ3n) is 2.76. The number of nitrogens with one attached hydrogen (secondary N) is 1. The van der Waals surface area contributed by atoms with Crippen molar-refractivity contribution in [3.05, 3.63) is 0 Å². The summed E-state index contributed by atoms with van der Waals surface area (Å²) in [6.45, 7) is 0. The first-order valence-corrected chi connectivity index (χ1v) is 6.49. The van der Waals surface area contributed by atoms with Crippen LogP contribution >= 0.6 is 0 Å². The number of carboxylic acids is 1. The van der Waals surface area contributed by atoms with Crippen LogP contribution in [0, 0.1) is 5.92 Å². The van der Waals surface area contributed by atoms with Crippen LogP contribution < -0.4 is 5.32 Å². The summed E-state index contributed by atoms with van der Waals surface area (Å²) in [5.74, 6) is -0.877. The fourth-order valence-electron chi connectivity index (χ4n) is 1.86. The standard InChI is InChI=1S/C8H13NO4S/c10-8(11)7-4-14(12,13)3-6(9-7)5-1-2-5/h5-7,9H,1-4H2,(H,10,11). The smallest absolute Gasteiger partial charge is 0.321 e. The molecule has 0 aromatic heterocycles. The van der Waals surface area contributed by atoms with E-state index < -0.39 is 21.8 Å². The van der Waals surface area contributed by atoms with E-state index in [4.69, 9.17) is 5.11 Å². The van der Waals surface area contributed by atoms with Crippen molar-refractivity contribution in [1.29, 1.82) is 0 Å². The molecular formula is C8H13NO4S. The molecule has 0 bridgehead atoms. The first-order valence-electron chi connectivity index (χ1n) is 4.67. The summed E-state index contributed by atoms with van der Waals surface area (Å²) in [6, 6.07) is -1.06. The molecule has 2 N–H and O–H groups in total. The van der Waals surface area contributed by atoms with Gasteiger partial charge in [-0.25, -0.2) is 8.42 Å². The zero-order valence-electron chi connectivity index (χ0n) is 7.64. The van der Waals surface area contributed by atoms with Crippen LogP contribution in [-0.2, 0) is 14.6 Å². The lowest BCUT2D eigenvalue weighted by molar-refractivity contribution is -0.139. The van der Waals surface area contributed by atoms with Gasteiger partial charge in [-0.1, -0.05) is 0 Å². The van der Waals surface area contributed by atoms with Crippen LogP contribution in [0.5, 0.6) is 0 Å². The Labute approximate surface area is 82.4 Å². The Kier molecular flexibility index (Phi) is 2.27. The highest BCUT2D eigenvalue weighted by Crippen LogP contribution is 2.34. The van der Waals surface area contributed by atoms with Gasteiger partial charge in [-0.05, 0) is 18.8 Å². The van der Waals surface area contributed by atoms with Crippen LogP contribution in [0.3, 0.4) is 0 Å². The topological polar surface area (TPSA) is 83.5 Å². The maximum Gasteiger partial charge on any atom is 0.321 e. The fraction of sp³-hybridized carbons (Fsp3) is 0.875. The predicted octanol–water partition coefficient (Wildman–Crippen LogP) is -0.764. The molecule has 1 saturated carbocycles. The Hall–Kier alpha value is -0.620. The summed E-state index contributed by atoms with van der Waals surface area (Å²) in [4.78, 5) is 10.7. The van der Waals surface area contributed by atoms with Gasteiger partial charge in [0.2, 0.25) is 0 Å². The molecule has 5 nitrogen and oxygen atoms in total. The van der Waals surface area contributed by atoms with Gasteiger partial charge >= 0.3 is 5.97 Å². The van der Waals surface area contributed by atoms with E-state index in [1.807, 2.05) is 0 Å². The highest BCUT2D eigenvalue weighted by molar-refractivity contribution is 7.91. The van der Waals surface area contributed by atoms with Crippen molar-refractivity contribution in [1.82, 2.24) is 5.32 Å². The van der Waals surface area contributed by atoms with Gasteiger partial charge in [-0.2, -0.15) is 0 Å². The number of rotatable bonds is 2. The lowest BCUT2D eigenvalue weighted by Gasteiger charge is -2.28. The summed E-state index contributed by atoms with van der Waals surface area (Å²) in [7, 11) is -3.17. The highest BCUT2D eigenvalue weighted by Gasteiger charge is 2.41. The first kappa shape index (κ1) is 9.92. The molecule has 1 heterocycles. The molecule has 2 aliphatic rings. The predicted molar refractivity (Wildman–Crippen MR) is 49.7 cm³/mol. The number of aliphatic carboxylic acids is 1. The quantitative estimate of drug-likeness (QED) is 0.637. The lowest BCUT2D eigenvalue weighted by Crippen LogP contribution is -2.56. The van der Waals surface area contributed by atoms with E-state index >= 15 is 0 Å². The largest absolute Gasteiger partial charge is 0.480 e. The second-order valence-electron chi connectivity index (χ2n) is 4.08. The van der Waals surface area contributed by atoms with Crippen molar-refractivity contribution < 1.29 is 18.3 Å². The third kappa shape index (κ3) is 2.06. The Morgan fingerprint density at radius 3 is 2.43 bits per heavy atom. The Morgan fingerprint density at radius 1 is 1.29 bits per heavy atom. The van der Waals surface area contributed by atoms with Gasteiger partial charge in [0.05, 0.1) is 11.5 Å². The third-order valence-corrected chi connectivity index (χ3v) is 4.47. The minimum atomic E-state index is -3.17. The normalized spacial score (nSPS) is 36.6. The maximum absolute atomic E-state index is 11.4. The summed E-state index contributed by atoms with van der Waals surface area (Å²) < 4.78 is 22.8. The molecule has 0 aromatic rings. The van der Waals surface area contributed by atoms with Crippen molar-refractivity contribution in [2.45, 2.75) is 24.9 Å². The van der Waals surface area contributed by atoms with Gasteiger partial charge in [0.15, 0.2) is 9.84 Å². The summed E-state index contributed by atoms with van der Waals surface area (Å²) in [6.07, 6.45) is 2.03. The number of sulfone groups is 1. The molecule has 1 aliphatic carbocycles. The molecule has 14 heavy (non-hydrogen) atoms. The van der Waals surface area contributed by atoms with Crippen LogP contribution in [0.15, 0.2) is 0 Å². The minimum Gasteiger partial charge on any atom is -0.480 e. The van der Waals surface area contributed by atoms with Gasteiger partial charge in [-0.15, -0.1) is 0 Å². The lowest BCUT2D eigenvalue weighted by atomic mass is 10.2. The van der Waals surface area contributed by atoms with Gasteiger partial charge in [0.1, 0.15) is 6.04 Å². The minimum absolute atomic E-state index is 0.0987. The molecule has 1 aliphatic heterocycles. The molecular weight excluding hydrogens is 206 g/mol. The maximum atomic E-state index is 11.4. The SMILES string of the molecule is O=C(O)C1CS(=O)(=O)CC(C2CC2)N1. The molecule has 2 atom stereocenters. The van der Waals surface area contributed by atoms with Crippen LogP contribution in [0.2, 0.25) is 0 Å².